The Balaban J connectivity index is 1.78. The molecule has 0 aliphatic carbocycles. The Morgan fingerprint density at radius 1 is 1.35 bits per heavy atom. The summed E-state index contributed by atoms with van der Waals surface area (Å²) in [4.78, 5) is 14.9. The number of nitrogens with zero attached hydrogens (tertiary/aromatic N) is 1. The van der Waals surface area contributed by atoms with Crippen LogP contribution in [-0.2, 0) is 4.79 Å². The molecule has 1 N–H and O–H groups in total. The van der Waals surface area contributed by atoms with Crippen LogP contribution in [0, 0.1) is 5.82 Å². The van der Waals surface area contributed by atoms with E-state index in [1.54, 1.807) is 23.9 Å². The maximum Gasteiger partial charge on any atom is 0.223 e. The summed E-state index contributed by atoms with van der Waals surface area (Å²) >= 11 is 1.55. The number of carbonyl (C=O) groups excluding carboxylic acids is 1. The van der Waals surface area contributed by atoms with E-state index in [9.17, 15) is 14.3 Å². The molecule has 5 heteroatoms. The number of thioether (sulfide) groups is 1. The number of halogens is 1. The average Bonchev–Trinajstić information content (AvgIpc) is 2.49. The normalized spacial score (nSPS) is 19.1. The fraction of sp³-hybridized carbons (Fsp3) is 0.533. The van der Waals surface area contributed by atoms with E-state index in [0.717, 1.165) is 30.7 Å². The van der Waals surface area contributed by atoms with Crippen LogP contribution in [0.1, 0.15) is 25.7 Å². The predicted octanol–water partition coefficient (Wildman–Crippen LogP) is 2.68. The van der Waals surface area contributed by atoms with Crippen molar-refractivity contribution < 1.29 is 14.3 Å². The van der Waals surface area contributed by atoms with Gasteiger partial charge in [0.2, 0.25) is 5.91 Å². The molecule has 0 bridgehead atoms. The van der Waals surface area contributed by atoms with Crippen molar-refractivity contribution in [1.82, 2.24) is 4.90 Å². The fourth-order valence-corrected chi connectivity index (χ4v) is 3.29. The highest BCUT2D eigenvalue weighted by Gasteiger charge is 2.25. The minimum Gasteiger partial charge on any atom is -0.394 e. The largest absolute Gasteiger partial charge is 0.394 e. The number of rotatable bonds is 5. The SMILES string of the molecule is O=C(CCSc1ccc(F)cc1)N1CCCCC1CO. The van der Waals surface area contributed by atoms with Crippen LogP contribution in [0.4, 0.5) is 4.39 Å². The van der Waals surface area contributed by atoms with Crippen LogP contribution in [0.25, 0.3) is 0 Å². The minimum absolute atomic E-state index is 0.00734. The molecule has 0 radical (unpaired) electrons. The van der Waals surface area contributed by atoms with Gasteiger partial charge in [0.1, 0.15) is 5.82 Å². The monoisotopic (exact) mass is 297 g/mol. The topological polar surface area (TPSA) is 40.5 Å². The first-order valence-electron chi connectivity index (χ1n) is 6.99. The smallest absolute Gasteiger partial charge is 0.223 e. The van der Waals surface area contributed by atoms with Gasteiger partial charge in [-0.15, -0.1) is 11.8 Å². The van der Waals surface area contributed by atoms with Gasteiger partial charge in [0.25, 0.3) is 0 Å². The average molecular weight is 297 g/mol. The minimum atomic E-state index is -0.246. The molecule has 0 saturated carbocycles. The number of amides is 1. The lowest BCUT2D eigenvalue weighted by Crippen LogP contribution is -2.45. The van der Waals surface area contributed by atoms with Crippen molar-refractivity contribution in [1.29, 1.82) is 0 Å². The molecule has 1 heterocycles. The lowest BCUT2D eigenvalue weighted by molar-refractivity contribution is -0.135. The Bertz CT molecular complexity index is 438. The molecule has 1 aromatic carbocycles. The van der Waals surface area contributed by atoms with E-state index in [1.165, 1.54) is 12.1 Å². The summed E-state index contributed by atoms with van der Waals surface area (Å²) in [5, 5.41) is 9.31. The van der Waals surface area contributed by atoms with E-state index in [4.69, 9.17) is 0 Å². The lowest BCUT2D eigenvalue weighted by atomic mass is 10.0. The molecular weight excluding hydrogens is 277 g/mol. The maximum absolute atomic E-state index is 12.8. The molecule has 0 spiro atoms. The molecule has 2 rings (SSSR count). The number of carbonyl (C=O) groups is 1. The molecule has 0 aromatic heterocycles. The molecule has 1 aliphatic heterocycles. The zero-order chi connectivity index (χ0) is 14.4. The second kappa shape index (κ2) is 7.64. The lowest BCUT2D eigenvalue weighted by Gasteiger charge is -2.34. The van der Waals surface area contributed by atoms with Crippen molar-refractivity contribution in [2.75, 3.05) is 18.9 Å². The second-order valence-corrected chi connectivity index (χ2v) is 6.14. The Morgan fingerprint density at radius 3 is 2.80 bits per heavy atom. The zero-order valence-corrected chi connectivity index (χ0v) is 12.2. The highest BCUT2D eigenvalue weighted by Crippen LogP contribution is 2.21. The zero-order valence-electron chi connectivity index (χ0n) is 11.4. The summed E-state index contributed by atoms with van der Waals surface area (Å²) < 4.78 is 12.8. The van der Waals surface area contributed by atoms with Gasteiger partial charge in [0.15, 0.2) is 0 Å². The molecule has 3 nitrogen and oxygen atoms in total. The number of piperidine rings is 1. The molecule has 1 unspecified atom stereocenters. The van der Waals surface area contributed by atoms with E-state index >= 15 is 0 Å². The third kappa shape index (κ3) is 4.21. The number of benzene rings is 1. The molecule has 1 amide bonds. The number of aliphatic hydroxyl groups excluding tert-OH is 1. The highest BCUT2D eigenvalue weighted by molar-refractivity contribution is 7.99. The molecule has 1 aliphatic rings. The summed E-state index contributed by atoms with van der Waals surface area (Å²) in [5.41, 5.74) is 0. The third-order valence-corrected chi connectivity index (χ3v) is 4.57. The third-order valence-electron chi connectivity index (χ3n) is 3.56. The van der Waals surface area contributed by atoms with Crippen LogP contribution in [0.5, 0.6) is 0 Å². The van der Waals surface area contributed by atoms with Gasteiger partial charge in [0, 0.05) is 23.6 Å². The first-order valence-corrected chi connectivity index (χ1v) is 7.98. The van der Waals surface area contributed by atoms with Gasteiger partial charge in [0.05, 0.1) is 12.6 Å². The van der Waals surface area contributed by atoms with E-state index in [-0.39, 0.29) is 24.4 Å². The van der Waals surface area contributed by atoms with Crippen molar-refractivity contribution >= 4 is 17.7 Å². The van der Waals surface area contributed by atoms with Crippen LogP contribution >= 0.6 is 11.8 Å². The first-order chi connectivity index (χ1) is 9.70. The van der Waals surface area contributed by atoms with Gasteiger partial charge in [-0.3, -0.25) is 4.79 Å². The quantitative estimate of drug-likeness (QED) is 0.850. The molecular formula is C15H20FNO2S. The summed E-state index contributed by atoms with van der Waals surface area (Å²) in [6.45, 7) is 0.808. The van der Waals surface area contributed by atoms with Gasteiger partial charge in [-0.25, -0.2) is 4.39 Å². The first kappa shape index (κ1) is 15.3. The van der Waals surface area contributed by atoms with Crippen molar-refractivity contribution in [3.63, 3.8) is 0 Å². The number of aliphatic hydroxyl groups is 1. The maximum atomic E-state index is 12.8. The summed E-state index contributed by atoms with van der Waals surface area (Å²) in [6, 6.07) is 6.30. The van der Waals surface area contributed by atoms with Crippen LogP contribution in [0.2, 0.25) is 0 Å². The van der Waals surface area contributed by atoms with Crippen LogP contribution < -0.4 is 0 Å². The standard InChI is InChI=1S/C15H20FNO2S/c16-12-4-6-14(7-5-12)20-10-8-15(19)17-9-2-1-3-13(17)11-18/h4-7,13,18H,1-3,8-11H2. The number of likely N-dealkylation sites (tertiary alicyclic amines) is 1. The Hall–Kier alpha value is -1.07. The van der Waals surface area contributed by atoms with Gasteiger partial charge in [-0.2, -0.15) is 0 Å². The Labute approximate surface area is 123 Å². The molecule has 1 saturated heterocycles. The molecule has 1 aromatic rings. The van der Waals surface area contributed by atoms with Crippen LogP contribution in [0.15, 0.2) is 29.2 Å². The fourth-order valence-electron chi connectivity index (χ4n) is 2.45. The number of hydrogen-bond acceptors (Lipinski definition) is 3. The van der Waals surface area contributed by atoms with E-state index < -0.39 is 0 Å². The molecule has 110 valence electrons. The summed E-state index contributed by atoms with van der Waals surface area (Å²) in [7, 11) is 0. The molecule has 20 heavy (non-hydrogen) atoms. The van der Waals surface area contributed by atoms with Gasteiger partial charge in [-0.05, 0) is 43.5 Å². The van der Waals surface area contributed by atoms with Crippen molar-refractivity contribution in [3.05, 3.63) is 30.1 Å². The Kier molecular flexibility index (Phi) is 5.86. The van der Waals surface area contributed by atoms with Crippen LogP contribution in [0.3, 0.4) is 0 Å². The highest BCUT2D eigenvalue weighted by atomic mass is 32.2. The van der Waals surface area contributed by atoms with Crippen molar-refractivity contribution in [2.45, 2.75) is 36.6 Å². The van der Waals surface area contributed by atoms with Gasteiger partial charge < -0.3 is 10.0 Å². The predicted molar refractivity (Wildman–Crippen MR) is 78.2 cm³/mol. The second-order valence-electron chi connectivity index (χ2n) is 4.97. The van der Waals surface area contributed by atoms with Crippen LogP contribution in [-0.4, -0.2) is 40.9 Å². The van der Waals surface area contributed by atoms with Gasteiger partial charge in [-0.1, -0.05) is 0 Å². The van der Waals surface area contributed by atoms with E-state index in [1.807, 2.05) is 4.90 Å². The van der Waals surface area contributed by atoms with Crippen molar-refractivity contribution in [3.8, 4) is 0 Å². The molecule has 1 atom stereocenters. The summed E-state index contributed by atoms with van der Waals surface area (Å²) in [5.74, 6) is 0.543. The number of hydrogen-bond donors (Lipinski definition) is 1. The van der Waals surface area contributed by atoms with Gasteiger partial charge >= 0.3 is 0 Å². The van der Waals surface area contributed by atoms with Crippen molar-refractivity contribution in [2.24, 2.45) is 0 Å². The Morgan fingerprint density at radius 2 is 2.10 bits per heavy atom. The molecule has 1 fully saturated rings. The van der Waals surface area contributed by atoms with E-state index in [2.05, 4.69) is 0 Å². The van der Waals surface area contributed by atoms with E-state index in [0.29, 0.717) is 12.2 Å². The summed E-state index contributed by atoms with van der Waals surface area (Å²) in [6.07, 6.45) is 3.46.